The van der Waals surface area contributed by atoms with Gasteiger partial charge in [0.25, 0.3) is 0 Å². The molecule has 182 valence electrons. The summed E-state index contributed by atoms with van der Waals surface area (Å²) in [7, 11) is 2.79. The molecule has 2 N–H and O–H groups in total. The molecule has 0 fully saturated rings. The molecule has 0 aliphatic carbocycles. The Balaban J connectivity index is 1.72. The minimum atomic E-state index is -4.73. The van der Waals surface area contributed by atoms with Gasteiger partial charge in [-0.25, -0.2) is 4.39 Å². The number of nitrogens with zero attached hydrogens (tertiary/aromatic N) is 1. The second-order valence-electron chi connectivity index (χ2n) is 7.48. The van der Waals surface area contributed by atoms with Gasteiger partial charge in [0.1, 0.15) is 35.3 Å². The van der Waals surface area contributed by atoms with Gasteiger partial charge in [-0.05, 0) is 47.5 Å². The molecule has 0 aliphatic heterocycles. The smallest absolute Gasteiger partial charge is 0.433 e. The SMILES string of the molecule is COc1ccc(-c2c(-c3ccc(OCc4ccc(F)cc4)cc3O)n[nH]c2C(F)(F)F)cc1OC. The number of ether oxygens (including phenoxy) is 3. The molecule has 0 radical (unpaired) electrons. The van der Waals surface area contributed by atoms with Crippen LogP contribution in [0.5, 0.6) is 23.0 Å². The summed E-state index contributed by atoms with van der Waals surface area (Å²) in [5, 5.41) is 16.6. The molecule has 0 saturated heterocycles. The quantitative estimate of drug-likeness (QED) is 0.303. The largest absolute Gasteiger partial charge is 0.507 e. The summed E-state index contributed by atoms with van der Waals surface area (Å²) in [4.78, 5) is 0. The van der Waals surface area contributed by atoms with Gasteiger partial charge in [-0.2, -0.15) is 18.3 Å². The molecular formula is C25H20F4N2O4. The van der Waals surface area contributed by atoms with E-state index in [1.165, 1.54) is 62.8 Å². The van der Waals surface area contributed by atoms with Crippen LogP contribution in [-0.2, 0) is 12.8 Å². The molecule has 35 heavy (non-hydrogen) atoms. The maximum absolute atomic E-state index is 13.8. The lowest BCUT2D eigenvalue weighted by Gasteiger charge is -2.13. The molecule has 0 bridgehead atoms. The van der Waals surface area contributed by atoms with Crippen molar-refractivity contribution in [1.29, 1.82) is 0 Å². The van der Waals surface area contributed by atoms with Gasteiger partial charge in [0.2, 0.25) is 0 Å². The number of aromatic nitrogens is 2. The number of hydrogen-bond acceptors (Lipinski definition) is 5. The van der Waals surface area contributed by atoms with Crippen molar-refractivity contribution >= 4 is 0 Å². The lowest BCUT2D eigenvalue weighted by molar-refractivity contribution is -0.140. The Bertz CT molecular complexity index is 1330. The van der Waals surface area contributed by atoms with Gasteiger partial charge >= 0.3 is 6.18 Å². The molecular weight excluding hydrogens is 468 g/mol. The molecule has 3 aromatic carbocycles. The molecule has 0 amide bonds. The lowest BCUT2D eigenvalue weighted by atomic mass is 9.97. The number of H-pyrrole nitrogens is 1. The molecule has 0 aliphatic rings. The van der Waals surface area contributed by atoms with Gasteiger partial charge < -0.3 is 19.3 Å². The van der Waals surface area contributed by atoms with Crippen LogP contribution in [0.4, 0.5) is 17.6 Å². The highest BCUT2D eigenvalue weighted by Crippen LogP contribution is 2.45. The van der Waals surface area contributed by atoms with Crippen molar-refractivity contribution in [3.63, 3.8) is 0 Å². The van der Waals surface area contributed by atoms with Gasteiger partial charge in [-0.3, -0.25) is 5.10 Å². The summed E-state index contributed by atoms with van der Waals surface area (Å²) in [6, 6.07) is 14.2. The van der Waals surface area contributed by atoms with Crippen LogP contribution in [-0.4, -0.2) is 29.5 Å². The van der Waals surface area contributed by atoms with Crippen molar-refractivity contribution in [1.82, 2.24) is 10.2 Å². The third kappa shape index (κ3) is 5.01. The molecule has 4 aromatic rings. The zero-order valence-electron chi connectivity index (χ0n) is 18.6. The first-order valence-corrected chi connectivity index (χ1v) is 10.3. The van der Waals surface area contributed by atoms with E-state index in [0.29, 0.717) is 11.3 Å². The number of aromatic amines is 1. The molecule has 10 heteroatoms. The highest BCUT2D eigenvalue weighted by molar-refractivity contribution is 5.86. The second-order valence-corrected chi connectivity index (χ2v) is 7.48. The zero-order valence-corrected chi connectivity index (χ0v) is 18.6. The molecule has 0 saturated carbocycles. The van der Waals surface area contributed by atoms with Crippen LogP contribution < -0.4 is 14.2 Å². The van der Waals surface area contributed by atoms with Crippen LogP contribution in [0.3, 0.4) is 0 Å². The average molecular weight is 488 g/mol. The van der Waals surface area contributed by atoms with Gasteiger partial charge in [-0.15, -0.1) is 0 Å². The van der Waals surface area contributed by atoms with E-state index in [1.807, 2.05) is 0 Å². The standard InChI is InChI=1S/C25H20F4N2O4/c1-33-20-10-5-15(11-21(20)34-2)22-23(30-31-24(22)25(27,28)29)18-9-8-17(12-19(18)32)35-13-14-3-6-16(26)7-4-14/h3-12,32H,13H2,1-2H3,(H,30,31). The Morgan fingerprint density at radius 2 is 1.63 bits per heavy atom. The minimum Gasteiger partial charge on any atom is -0.507 e. The number of halogens is 4. The fraction of sp³-hybridized carbons (Fsp3) is 0.160. The van der Waals surface area contributed by atoms with Gasteiger partial charge in [0, 0.05) is 17.2 Å². The summed E-state index contributed by atoms with van der Waals surface area (Å²) in [5.74, 6) is 0.149. The van der Waals surface area contributed by atoms with Gasteiger partial charge in [0.15, 0.2) is 11.5 Å². The number of nitrogens with one attached hydrogen (secondary N) is 1. The summed E-state index contributed by atoms with van der Waals surface area (Å²) in [6.45, 7) is 0.108. The first kappa shape index (κ1) is 23.9. The van der Waals surface area contributed by atoms with Crippen LogP contribution in [0.25, 0.3) is 22.4 Å². The highest BCUT2D eigenvalue weighted by atomic mass is 19.4. The molecule has 1 heterocycles. The van der Waals surface area contributed by atoms with E-state index in [4.69, 9.17) is 14.2 Å². The first-order valence-electron chi connectivity index (χ1n) is 10.3. The molecule has 0 unspecified atom stereocenters. The van der Waals surface area contributed by atoms with E-state index in [9.17, 15) is 22.7 Å². The highest BCUT2D eigenvalue weighted by Gasteiger charge is 2.38. The molecule has 6 nitrogen and oxygen atoms in total. The Morgan fingerprint density at radius 3 is 2.26 bits per heavy atom. The number of hydrogen-bond donors (Lipinski definition) is 2. The maximum Gasteiger partial charge on any atom is 0.433 e. The predicted molar refractivity (Wildman–Crippen MR) is 120 cm³/mol. The van der Waals surface area contributed by atoms with Crippen molar-refractivity contribution in [2.24, 2.45) is 0 Å². The van der Waals surface area contributed by atoms with Gasteiger partial charge in [-0.1, -0.05) is 18.2 Å². The molecule has 0 atom stereocenters. The Morgan fingerprint density at radius 1 is 0.914 bits per heavy atom. The minimum absolute atomic E-state index is 0.0654. The van der Waals surface area contributed by atoms with E-state index in [1.54, 1.807) is 12.1 Å². The van der Waals surface area contributed by atoms with Gasteiger partial charge in [0.05, 0.1) is 14.2 Å². The number of aromatic hydroxyl groups is 1. The normalized spacial score (nSPS) is 11.4. The van der Waals surface area contributed by atoms with E-state index in [0.717, 1.165) is 0 Å². The third-order valence-corrected chi connectivity index (χ3v) is 5.27. The number of phenols is 1. The van der Waals surface area contributed by atoms with Crippen molar-refractivity contribution < 1.29 is 36.9 Å². The van der Waals surface area contributed by atoms with Crippen molar-refractivity contribution in [2.45, 2.75) is 12.8 Å². The fourth-order valence-electron chi connectivity index (χ4n) is 3.56. The predicted octanol–water partition coefficient (Wildman–Crippen LogP) is 6.20. The Labute approximate surface area is 197 Å². The monoisotopic (exact) mass is 488 g/mol. The van der Waals surface area contributed by atoms with E-state index in [2.05, 4.69) is 10.2 Å². The Kier molecular flexibility index (Phi) is 6.54. The summed E-state index contributed by atoms with van der Waals surface area (Å²) in [5.41, 5.74) is -0.505. The number of alkyl halides is 3. The Hall–Kier alpha value is -4.21. The number of phenolic OH excluding ortho intramolecular Hbond substituents is 1. The summed E-state index contributed by atoms with van der Waals surface area (Å²) in [6.07, 6.45) is -4.73. The molecule has 1 aromatic heterocycles. The second kappa shape index (κ2) is 9.57. The van der Waals surface area contributed by atoms with Crippen LogP contribution in [0, 0.1) is 5.82 Å². The first-order chi connectivity index (χ1) is 16.7. The van der Waals surface area contributed by atoms with E-state index >= 15 is 0 Å². The number of benzene rings is 3. The lowest BCUT2D eigenvalue weighted by Crippen LogP contribution is -2.07. The average Bonchev–Trinajstić information content (AvgIpc) is 3.29. The molecule has 4 rings (SSSR count). The molecule has 0 spiro atoms. The fourth-order valence-corrected chi connectivity index (χ4v) is 3.56. The topological polar surface area (TPSA) is 76.6 Å². The van der Waals surface area contributed by atoms with Crippen LogP contribution in [0.2, 0.25) is 0 Å². The van der Waals surface area contributed by atoms with Crippen molar-refractivity contribution in [3.8, 4) is 45.4 Å². The van der Waals surface area contributed by atoms with Crippen molar-refractivity contribution in [3.05, 3.63) is 77.7 Å². The number of rotatable bonds is 7. The van der Waals surface area contributed by atoms with Crippen LogP contribution in [0.15, 0.2) is 60.7 Å². The summed E-state index contributed by atoms with van der Waals surface area (Å²) < 4.78 is 70.5. The van der Waals surface area contributed by atoms with E-state index < -0.39 is 11.9 Å². The summed E-state index contributed by atoms with van der Waals surface area (Å²) >= 11 is 0. The zero-order chi connectivity index (χ0) is 25.2. The van der Waals surface area contributed by atoms with Crippen LogP contribution in [0.1, 0.15) is 11.3 Å². The van der Waals surface area contributed by atoms with E-state index in [-0.39, 0.29) is 52.1 Å². The third-order valence-electron chi connectivity index (χ3n) is 5.27. The maximum atomic E-state index is 13.8. The van der Waals surface area contributed by atoms with Crippen LogP contribution >= 0.6 is 0 Å². The number of methoxy groups -OCH3 is 2. The van der Waals surface area contributed by atoms with Crippen molar-refractivity contribution in [2.75, 3.05) is 14.2 Å².